The summed E-state index contributed by atoms with van der Waals surface area (Å²) >= 11 is 0. The number of amides is 1. The lowest BCUT2D eigenvalue weighted by atomic mass is 9.97. The predicted molar refractivity (Wildman–Crippen MR) is 217 cm³/mol. The van der Waals surface area contributed by atoms with Crippen LogP contribution in [0.2, 0.25) is 0 Å². The number of rotatable bonds is 33. The first-order valence-electron chi connectivity index (χ1n) is 22.4. The van der Waals surface area contributed by atoms with E-state index in [1.54, 1.807) is 6.08 Å². The Balaban J connectivity index is 1.88. The Morgan fingerprint density at radius 1 is 0.614 bits per heavy atom. The molecule has 2 heterocycles. The third-order valence-corrected chi connectivity index (χ3v) is 11.2. The molecule has 0 saturated carbocycles. The second-order valence-electron chi connectivity index (χ2n) is 16.2. The topological polar surface area (TPSA) is 228 Å². The zero-order valence-electron chi connectivity index (χ0n) is 35.1. The summed E-state index contributed by atoms with van der Waals surface area (Å²) in [5, 5.41) is 86.2. The average Bonchev–Trinajstić information content (AvgIpc) is 3.21. The predicted octanol–water partition coefficient (Wildman–Crippen LogP) is 4.04. The molecular weight excluding hydrogens is 738 g/mol. The zero-order chi connectivity index (χ0) is 41.8. The Labute approximate surface area is 342 Å². The molecule has 0 aliphatic carbocycles. The molecule has 57 heavy (non-hydrogen) atoms. The van der Waals surface area contributed by atoms with E-state index in [4.69, 9.17) is 18.9 Å². The molecule has 0 aromatic heterocycles. The van der Waals surface area contributed by atoms with Crippen molar-refractivity contribution in [2.75, 3.05) is 19.8 Å². The van der Waals surface area contributed by atoms with Crippen LogP contribution < -0.4 is 5.32 Å². The van der Waals surface area contributed by atoms with Crippen molar-refractivity contribution in [3.05, 3.63) is 12.2 Å². The molecule has 0 spiro atoms. The second kappa shape index (κ2) is 31.6. The molecule has 12 atom stereocenters. The van der Waals surface area contributed by atoms with Crippen LogP contribution in [-0.2, 0) is 23.7 Å². The maximum absolute atomic E-state index is 13.0. The quantitative estimate of drug-likeness (QED) is 0.0337. The van der Waals surface area contributed by atoms with Gasteiger partial charge in [-0.1, -0.05) is 148 Å². The first-order chi connectivity index (χ1) is 27.6. The average molecular weight is 820 g/mol. The number of ether oxygens (including phenoxy) is 4. The molecule has 0 aromatic rings. The lowest BCUT2D eigenvalue weighted by Crippen LogP contribution is -2.65. The minimum Gasteiger partial charge on any atom is -0.394 e. The van der Waals surface area contributed by atoms with Crippen molar-refractivity contribution in [2.45, 2.75) is 235 Å². The monoisotopic (exact) mass is 820 g/mol. The van der Waals surface area contributed by atoms with Crippen LogP contribution >= 0.6 is 0 Å². The maximum Gasteiger partial charge on any atom is 0.220 e. The van der Waals surface area contributed by atoms with Gasteiger partial charge in [-0.25, -0.2) is 0 Å². The second-order valence-corrected chi connectivity index (χ2v) is 16.2. The van der Waals surface area contributed by atoms with Gasteiger partial charge < -0.3 is 65.1 Å². The van der Waals surface area contributed by atoms with Crippen molar-refractivity contribution in [1.82, 2.24) is 5.32 Å². The van der Waals surface area contributed by atoms with Crippen molar-refractivity contribution in [1.29, 1.82) is 0 Å². The molecule has 4 unspecified atom stereocenters. The smallest absolute Gasteiger partial charge is 0.220 e. The van der Waals surface area contributed by atoms with Crippen molar-refractivity contribution < 1.29 is 64.6 Å². The molecule has 14 heteroatoms. The van der Waals surface area contributed by atoms with Crippen LogP contribution in [-0.4, -0.2) is 140 Å². The number of nitrogens with one attached hydrogen (secondary N) is 1. The van der Waals surface area contributed by atoms with Gasteiger partial charge in [-0.05, 0) is 19.3 Å². The SMILES string of the molecule is CCCCCCCCCCCCCCCC/C=C/[C@@H](O)[C@H](CO[C@@H]1O[C@H](CO)[C@@H](O[C@@H]2O[C@H](CO)[C@H](O)C(O)C2O)C(O)C1O)NC(=O)CCCCCCCCC. The molecule has 9 N–H and O–H groups in total. The fourth-order valence-electron chi connectivity index (χ4n) is 7.47. The van der Waals surface area contributed by atoms with Crippen LogP contribution in [0.1, 0.15) is 162 Å². The van der Waals surface area contributed by atoms with Gasteiger partial charge in [0, 0.05) is 6.42 Å². The van der Waals surface area contributed by atoms with E-state index in [9.17, 15) is 45.6 Å². The summed E-state index contributed by atoms with van der Waals surface area (Å²) in [6, 6.07) is -0.904. The summed E-state index contributed by atoms with van der Waals surface area (Å²) in [4.78, 5) is 13.0. The molecule has 2 fully saturated rings. The van der Waals surface area contributed by atoms with Crippen LogP contribution in [0.5, 0.6) is 0 Å². The molecule has 0 bridgehead atoms. The maximum atomic E-state index is 13.0. The minimum atomic E-state index is -1.78. The minimum absolute atomic E-state index is 0.247. The number of aliphatic hydroxyl groups excluding tert-OH is 8. The standard InChI is InChI=1S/C43H81NO13/c1-3-5-7-9-11-12-13-14-15-16-17-18-19-21-22-24-26-32(47)31(44-35(48)27-25-23-20-10-8-6-4-2)30-54-42-40(53)38(51)41(34(29-46)56-42)57-43-39(52)37(50)36(49)33(28-45)55-43/h24,26,31-34,36-43,45-47,49-53H,3-23,25,27-30H2,1-2H3,(H,44,48)/b26-24+/t31-,32+,33+,34+,36-,37?,38?,39?,40?,41+,42+,43-/m0/s1. The molecule has 0 radical (unpaired) electrons. The highest BCUT2D eigenvalue weighted by Crippen LogP contribution is 2.30. The lowest BCUT2D eigenvalue weighted by molar-refractivity contribution is -0.359. The van der Waals surface area contributed by atoms with Crippen molar-refractivity contribution in [3.8, 4) is 0 Å². The molecule has 2 saturated heterocycles. The van der Waals surface area contributed by atoms with Crippen molar-refractivity contribution >= 4 is 5.91 Å². The van der Waals surface area contributed by atoms with Gasteiger partial charge in [-0.2, -0.15) is 0 Å². The first-order valence-corrected chi connectivity index (χ1v) is 22.4. The largest absolute Gasteiger partial charge is 0.394 e. The number of allylic oxidation sites excluding steroid dienone is 1. The molecule has 336 valence electrons. The fraction of sp³-hybridized carbons (Fsp3) is 0.930. The Morgan fingerprint density at radius 2 is 1.09 bits per heavy atom. The summed E-state index contributed by atoms with van der Waals surface area (Å²) in [7, 11) is 0. The van der Waals surface area contributed by atoms with Crippen LogP contribution in [0, 0.1) is 0 Å². The van der Waals surface area contributed by atoms with Crippen LogP contribution in [0.15, 0.2) is 12.2 Å². The van der Waals surface area contributed by atoms with Crippen LogP contribution in [0.4, 0.5) is 0 Å². The van der Waals surface area contributed by atoms with E-state index in [1.165, 1.54) is 96.3 Å². The van der Waals surface area contributed by atoms with E-state index < -0.39 is 86.8 Å². The normalized spacial score (nSPS) is 29.2. The molecule has 1 amide bonds. The highest BCUT2D eigenvalue weighted by Gasteiger charge is 2.50. The van der Waals surface area contributed by atoms with E-state index in [-0.39, 0.29) is 18.9 Å². The summed E-state index contributed by atoms with van der Waals surface area (Å²) < 4.78 is 22.6. The van der Waals surface area contributed by atoms with E-state index in [2.05, 4.69) is 19.2 Å². The third-order valence-electron chi connectivity index (χ3n) is 11.2. The van der Waals surface area contributed by atoms with E-state index in [1.807, 2.05) is 6.08 Å². The number of unbranched alkanes of at least 4 members (excludes halogenated alkanes) is 20. The number of hydrogen-bond acceptors (Lipinski definition) is 13. The van der Waals surface area contributed by atoms with Gasteiger partial charge in [0.1, 0.15) is 48.8 Å². The number of carbonyl (C=O) groups excluding carboxylic acids is 1. The third kappa shape index (κ3) is 20.2. The van der Waals surface area contributed by atoms with Gasteiger partial charge in [0.2, 0.25) is 5.91 Å². The van der Waals surface area contributed by atoms with Crippen LogP contribution in [0.25, 0.3) is 0 Å². The summed E-state index contributed by atoms with van der Waals surface area (Å²) in [5.74, 6) is -0.247. The van der Waals surface area contributed by atoms with Crippen LogP contribution in [0.3, 0.4) is 0 Å². The van der Waals surface area contributed by atoms with Crippen molar-refractivity contribution in [3.63, 3.8) is 0 Å². The van der Waals surface area contributed by atoms with Gasteiger partial charge >= 0.3 is 0 Å². The number of hydrogen-bond donors (Lipinski definition) is 9. The Kier molecular flexibility index (Phi) is 28.7. The molecule has 2 aliphatic rings. The fourth-order valence-corrected chi connectivity index (χ4v) is 7.47. The van der Waals surface area contributed by atoms with Gasteiger partial charge in [0.15, 0.2) is 12.6 Å². The van der Waals surface area contributed by atoms with Gasteiger partial charge in [0.25, 0.3) is 0 Å². The summed E-state index contributed by atoms with van der Waals surface area (Å²) in [6.07, 6.45) is 12.9. The summed E-state index contributed by atoms with van der Waals surface area (Å²) in [6.45, 7) is 2.71. The lowest BCUT2D eigenvalue weighted by Gasteiger charge is -2.46. The van der Waals surface area contributed by atoms with E-state index in [0.717, 1.165) is 38.5 Å². The molecule has 0 aromatic carbocycles. The zero-order valence-corrected chi connectivity index (χ0v) is 35.1. The first kappa shape index (κ1) is 51.9. The number of aliphatic hydroxyl groups is 8. The molecule has 2 rings (SSSR count). The highest BCUT2D eigenvalue weighted by molar-refractivity contribution is 5.76. The Bertz CT molecular complexity index is 1020. The molecular formula is C43H81NO13. The van der Waals surface area contributed by atoms with Gasteiger partial charge in [0.05, 0.1) is 32.0 Å². The molecule has 2 aliphatic heterocycles. The van der Waals surface area contributed by atoms with Crippen molar-refractivity contribution in [2.24, 2.45) is 0 Å². The summed E-state index contributed by atoms with van der Waals surface area (Å²) in [5.41, 5.74) is 0. The number of carbonyl (C=O) groups is 1. The van der Waals surface area contributed by atoms with E-state index in [0.29, 0.717) is 6.42 Å². The highest BCUT2D eigenvalue weighted by atomic mass is 16.7. The Hall–Kier alpha value is -1.27. The van der Waals surface area contributed by atoms with Gasteiger partial charge in [-0.15, -0.1) is 0 Å². The van der Waals surface area contributed by atoms with E-state index >= 15 is 0 Å². The Morgan fingerprint density at radius 3 is 1.61 bits per heavy atom. The van der Waals surface area contributed by atoms with Gasteiger partial charge in [-0.3, -0.25) is 4.79 Å². The molecule has 14 nitrogen and oxygen atoms in total.